The predicted molar refractivity (Wildman–Crippen MR) is 42.9 cm³/mol. The molecule has 2 N–H and O–H groups in total. The fourth-order valence-electron chi connectivity index (χ4n) is 0.826. The van der Waals surface area contributed by atoms with Crippen LogP contribution >= 0.6 is 11.3 Å². The molecule has 0 fully saturated rings. The van der Waals surface area contributed by atoms with Crippen LogP contribution in [0.25, 0.3) is 10.2 Å². The largest absolute Gasteiger partial charge is 0.399 e. The molecule has 0 aliphatic carbocycles. The highest BCUT2D eigenvalue weighted by atomic mass is 32.1. The Hall–Kier alpha value is -1.09. The van der Waals surface area contributed by atoms with Crippen molar-refractivity contribution in [2.45, 2.75) is 0 Å². The van der Waals surface area contributed by atoms with Gasteiger partial charge in [-0.1, -0.05) is 0 Å². The minimum absolute atomic E-state index is 0.783. The second kappa shape index (κ2) is 1.95. The van der Waals surface area contributed by atoms with Crippen molar-refractivity contribution in [1.82, 2.24) is 4.98 Å². The van der Waals surface area contributed by atoms with Crippen LogP contribution in [0, 0.1) is 5.51 Å². The van der Waals surface area contributed by atoms with E-state index in [1.807, 2.05) is 18.2 Å². The zero-order valence-corrected chi connectivity index (χ0v) is 5.98. The third kappa shape index (κ3) is 0.752. The molecule has 0 spiro atoms. The van der Waals surface area contributed by atoms with Crippen LogP contribution in [0.3, 0.4) is 0 Å². The summed E-state index contributed by atoms with van der Waals surface area (Å²) in [5, 5.41) is 0. The van der Waals surface area contributed by atoms with Gasteiger partial charge in [-0.05, 0) is 18.2 Å². The number of nitrogen functional groups attached to an aromatic ring is 1. The number of aromatic nitrogens is 1. The lowest BCUT2D eigenvalue weighted by molar-refractivity contribution is 1.48. The van der Waals surface area contributed by atoms with Crippen molar-refractivity contribution in [2.24, 2.45) is 0 Å². The van der Waals surface area contributed by atoms with Crippen molar-refractivity contribution < 1.29 is 0 Å². The molecule has 0 bridgehead atoms. The summed E-state index contributed by atoms with van der Waals surface area (Å²) in [7, 11) is 0. The first-order chi connectivity index (χ1) is 4.86. The van der Waals surface area contributed by atoms with Gasteiger partial charge in [0.25, 0.3) is 0 Å². The SMILES string of the molecule is Nc1ccc2n[c]sc2c1. The topological polar surface area (TPSA) is 38.9 Å². The summed E-state index contributed by atoms with van der Waals surface area (Å²) in [6.07, 6.45) is 0. The fourth-order valence-corrected chi connectivity index (χ4v) is 1.48. The minimum Gasteiger partial charge on any atom is -0.399 e. The molecule has 0 saturated carbocycles. The van der Waals surface area contributed by atoms with Gasteiger partial charge in [0, 0.05) is 5.69 Å². The van der Waals surface area contributed by atoms with E-state index in [1.54, 1.807) is 0 Å². The maximum atomic E-state index is 5.55. The first-order valence-corrected chi connectivity index (χ1v) is 3.70. The summed E-state index contributed by atoms with van der Waals surface area (Å²) in [6.45, 7) is 0. The first-order valence-electron chi connectivity index (χ1n) is 2.88. The first kappa shape index (κ1) is 5.68. The van der Waals surface area contributed by atoms with E-state index in [1.165, 1.54) is 11.3 Å². The summed E-state index contributed by atoms with van der Waals surface area (Å²) < 4.78 is 1.10. The molecule has 3 heteroatoms. The van der Waals surface area contributed by atoms with Gasteiger partial charge >= 0.3 is 0 Å². The molecule has 2 nitrogen and oxygen atoms in total. The molecule has 0 aliphatic rings. The van der Waals surface area contributed by atoms with Crippen LogP contribution in [0.5, 0.6) is 0 Å². The van der Waals surface area contributed by atoms with Gasteiger partial charge in [-0.3, -0.25) is 0 Å². The Morgan fingerprint density at radius 1 is 1.50 bits per heavy atom. The van der Waals surface area contributed by atoms with Crippen LogP contribution in [-0.4, -0.2) is 4.98 Å². The van der Waals surface area contributed by atoms with E-state index in [-0.39, 0.29) is 0 Å². The Morgan fingerprint density at radius 3 is 3.30 bits per heavy atom. The Balaban J connectivity index is 2.86. The van der Waals surface area contributed by atoms with E-state index in [9.17, 15) is 0 Å². The lowest BCUT2D eigenvalue weighted by Crippen LogP contribution is -1.81. The van der Waals surface area contributed by atoms with E-state index in [4.69, 9.17) is 5.73 Å². The molecule has 0 aliphatic heterocycles. The summed E-state index contributed by atoms with van der Waals surface area (Å²) in [6, 6.07) is 5.65. The smallest absolute Gasteiger partial charge is 0.153 e. The molecule has 2 aromatic rings. The third-order valence-corrected chi connectivity index (χ3v) is 2.04. The lowest BCUT2D eigenvalue weighted by atomic mass is 10.3. The average Bonchev–Trinajstić information content (AvgIpc) is 2.33. The zero-order chi connectivity index (χ0) is 6.97. The highest BCUT2D eigenvalue weighted by molar-refractivity contribution is 7.16. The van der Waals surface area contributed by atoms with Crippen molar-refractivity contribution in [3.8, 4) is 0 Å². The summed E-state index contributed by atoms with van der Waals surface area (Å²) in [5.74, 6) is 0. The van der Waals surface area contributed by atoms with Gasteiger partial charge in [-0.25, -0.2) is 4.98 Å². The molecule has 0 amide bonds. The van der Waals surface area contributed by atoms with E-state index < -0.39 is 0 Å². The average molecular weight is 149 g/mol. The highest BCUT2D eigenvalue weighted by Crippen LogP contribution is 2.19. The third-order valence-electron chi connectivity index (χ3n) is 1.31. The van der Waals surface area contributed by atoms with Gasteiger partial charge in [0.2, 0.25) is 0 Å². The van der Waals surface area contributed by atoms with Crippen LogP contribution in [0.1, 0.15) is 0 Å². The van der Waals surface area contributed by atoms with Crippen molar-refractivity contribution >= 4 is 27.2 Å². The van der Waals surface area contributed by atoms with Gasteiger partial charge < -0.3 is 5.73 Å². The van der Waals surface area contributed by atoms with E-state index in [0.717, 1.165) is 15.9 Å². The lowest BCUT2D eigenvalue weighted by Gasteiger charge is -1.89. The second-order valence-electron chi connectivity index (χ2n) is 2.03. The molecule has 1 heterocycles. The Kier molecular flexibility index (Phi) is 1.11. The van der Waals surface area contributed by atoms with Crippen LogP contribution in [0.4, 0.5) is 5.69 Å². The Morgan fingerprint density at radius 2 is 2.40 bits per heavy atom. The quantitative estimate of drug-likeness (QED) is 0.579. The van der Waals surface area contributed by atoms with E-state index in [2.05, 4.69) is 10.5 Å². The highest BCUT2D eigenvalue weighted by Gasteiger charge is 1.94. The van der Waals surface area contributed by atoms with E-state index in [0.29, 0.717) is 0 Å². The van der Waals surface area contributed by atoms with Crippen LogP contribution in [0.2, 0.25) is 0 Å². The number of hydrogen-bond acceptors (Lipinski definition) is 3. The molecule has 0 saturated heterocycles. The van der Waals surface area contributed by atoms with Gasteiger partial charge in [-0.2, -0.15) is 0 Å². The fraction of sp³-hybridized carbons (Fsp3) is 0. The Bertz CT molecular complexity index is 353. The predicted octanol–water partition coefficient (Wildman–Crippen LogP) is 1.68. The number of nitrogens with zero attached hydrogens (tertiary/aromatic N) is 1. The van der Waals surface area contributed by atoms with Crippen molar-refractivity contribution in [1.29, 1.82) is 0 Å². The number of fused-ring (bicyclic) bond motifs is 1. The maximum absolute atomic E-state index is 5.55. The molecule has 0 atom stereocenters. The van der Waals surface area contributed by atoms with Gasteiger partial charge in [0.1, 0.15) is 0 Å². The second-order valence-corrected chi connectivity index (χ2v) is 2.86. The van der Waals surface area contributed by atoms with Crippen molar-refractivity contribution in [3.63, 3.8) is 0 Å². The summed E-state index contributed by atoms with van der Waals surface area (Å²) >= 11 is 1.49. The number of hydrogen-bond donors (Lipinski definition) is 1. The monoisotopic (exact) mass is 149 g/mol. The molecule has 49 valence electrons. The zero-order valence-electron chi connectivity index (χ0n) is 5.16. The molecule has 0 unspecified atom stereocenters. The normalized spacial score (nSPS) is 10.4. The van der Waals surface area contributed by atoms with Crippen LogP contribution in [-0.2, 0) is 0 Å². The molecule has 10 heavy (non-hydrogen) atoms. The molecule has 1 aromatic carbocycles. The number of benzene rings is 1. The van der Waals surface area contributed by atoms with Gasteiger partial charge in [-0.15, -0.1) is 11.3 Å². The maximum Gasteiger partial charge on any atom is 0.153 e. The van der Waals surface area contributed by atoms with Gasteiger partial charge in [0.15, 0.2) is 5.51 Å². The standard InChI is InChI=1S/C7H5N2S/c8-5-1-2-6-7(3-5)10-4-9-6/h1-3H,8H2. The number of anilines is 1. The van der Waals surface area contributed by atoms with Crippen LogP contribution < -0.4 is 5.73 Å². The molecular weight excluding hydrogens is 144 g/mol. The molecule has 1 radical (unpaired) electrons. The number of thiazole rings is 1. The van der Waals surface area contributed by atoms with Crippen LogP contribution in [0.15, 0.2) is 18.2 Å². The Labute approximate surface area is 62.3 Å². The van der Waals surface area contributed by atoms with Gasteiger partial charge in [0.05, 0.1) is 10.2 Å². The molecule has 1 aromatic heterocycles. The number of nitrogens with two attached hydrogens (primary N) is 1. The van der Waals surface area contributed by atoms with Crippen molar-refractivity contribution in [2.75, 3.05) is 5.73 Å². The molecular formula is C7H5N2S. The summed E-state index contributed by atoms with van der Waals surface area (Å²) in [5.41, 5.74) is 10.1. The molecule has 2 rings (SSSR count). The van der Waals surface area contributed by atoms with E-state index >= 15 is 0 Å². The van der Waals surface area contributed by atoms with Crippen molar-refractivity contribution in [3.05, 3.63) is 23.7 Å². The number of rotatable bonds is 0. The summed E-state index contributed by atoms with van der Waals surface area (Å²) in [4.78, 5) is 4.00. The minimum atomic E-state index is 0.783.